The lowest BCUT2D eigenvalue weighted by Gasteiger charge is -2.49. The number of aliphatic carboxylic acids is 1. The number of β-lactam (4-membered cyclic amide) rings is 1. The molecule has 5 rings (SSSR count). The number of carbonyl (C=O) groups excluding carboxylic acids is 4. The number of aromatic hydroxyl groups is 3. The predicted molar refractivity (Wildman–Crippen MR) is 162 cm³/mol. The molecule has 0 bridgehead atoms. The first kappa shape index (κ1) is 31.6. The molecule has 0 spiro atoms. The van der Waals surface area contributed by atoms with Crippen LogP contribution in [-0.4, -0.2) is 100 Å². The number of hydrogen-bond donors (Lipinski definition) is 6. The van der Waals surface area contributed by atoms with Gasteiger partial charge in [-0.1, -0.05) is 35.2 Å². The molecule has 3 heterocycles. The van der Waals surface area contributed by atoms with E-state index >= 15 is 0 Å². The number of hydrogen-bond acceptors (Lipinski definition) is 13. The molecular formula is C27H24N6O9S3. The van der Waals surface area contributed by atoms with Crippen molar-refractivity contribution in [1.82, 2.24) is 30.6 Å². The molecule has 15 nitrogen and oxygen atoms in total. The number of amides is 5. The van der Waals surface area contributed by atoms with E-state index in [1.807, 2.05) is 0 Å². The minimum Gasteiger partial charge on any atom is -0.508 e. The van der Waals surface area contributed by atoms with Gasteiger partial charge in [0.25, 0.3) is 11.8 Å². The average Bonchev–Trinajstić information content (AvgIpc) is 3.55. The summed E-state index contributed by atoms with van der Waals surface area (Å²) >= 11 is 3.88. The summed E-state index contributed by atoms with van der Waals surface area (Å²) in [5, 5.41) is 50.9. The van der Waals surface area contributed by atoms with Crippen molar-refractivity contribution < 1.29 is 44.4 Å². The van der Waals surface area contributed by atoms with Crippen LogP contribution in [0.25, 0.3) is 0 Å². The second-order valence-electron chi connectivity index (χ2n) is 9.69. The number of nitrogens with one attached hydrogen (secondary N) is 2. The number of aromatic nitrogens is 2. The standard InChI is InChI=1S/C27H24N6O9S3/c1-32(22(38)13-4-7-16(35)17(36)8-13)26(42)30-18(12-2-5-15(34)6-3-12)21(37)29-19-23(39)33-20(25(40)41)14(9-43-24(19)33)10-44-27-31-28-11-45-27/h2-8,11,18-19,24,34-36H,9-10H2,1H3,(H,29,37)(H,30,42)(H,40,41)/t18?,19?,24-/m0/s1. The van der Waals surface area contributed by atoms with Crippen LogP contribution in [0.2, 0.25) is 0 Å². The smallest absolute Gasteiger partial charge is 0.352 e. The van der Waals surface area contributed by atoms with Crippen molar-refractivity contribution in [2.75, 3.05) is 18.6 Å². The highest BCUT2D eigenvalue weighted by atomic mass is 32.2. The molecule has 2 aliphatic heterocycles. The number of benzene rings is 2. The molecule has 3 aromatic rings. The highest BCUT2D eigenvalue weighted by molar-refractivity contribution is 8.01. The van der Waals surface area contributed by atoms with Gasteiger partial charge in [-0.2, -0.15) is 0 Å². The van der Waals surface area contributed by atoms with Gasteiger partial charge in [-0.25, -0.2) is 9.59 Å². The molecule has 3 atom stereocenters. The lowest BCUT2D eigenvalue weighted by atomic mass is 10.0. The van der Waals surface area contributed by atoms with Crippen molar-refractivity contribution in [2.45, 2.75) is 21.8 Å². The second kappa shape index (κ2) is 13.0. The Labute approximate surface area is 266 Å². The van der Waals surface area contributed by atoms with Gasteiger partial charge in [-0.05, 0) is 41.5 Å². The number of thioether (sulfide) groups is 2. The van der Waals surface area contributed by atoms with Crippen LogP contribution in [0.15, 0.2) is 63.6 Å². The Bertz CT molecular complexity index is 1700. The number of fused-ring (bicyclic) bond motifs is 1. The summed E-state index contributed by atoms with van der Waals surface area (Å²) in [7, 11) is 1.14. The second-order valence-corrected chi connectivity index (χ2v) is 12.8. The van der Waals surface area contributed by atoms with Crippen LogP contribution in [0.5, 0.6) is 17.2 Å². The fourth-order valence-electron chi connectivity index (χ4n) is 4.54. The Kier molecular flexibility index (Phi) is 9.16. The van der Waals surface area contributed by atoms with E-state index in [4.69, 9.17) is 0 Å². The summed E-state index contributed by atoms with van der Waals surface area (Å²) in [6.07, 6.45) is 0. The molecule has 45 heavy (non-hydrogen) atoms. The quantitative estimate of drug-likeness (QED) is 0.108. The summed E-state index contributed by atoms with van der Waals surface area (Å²) in [5.74, 6) is -4.19. The first-order chi connectivity index (χ1) is 21.5. The predicted octanol–water partition coefficient (Wildman–Crippen LogP) is 1.71. The number of phenols is 3. The molecule has 1 fully saturated rings. The number of carboxylic acids is 1. The van der Waals surface area contributed by atoms with Gasteiger partial charge in [0.1, 0.15) is 34.4 Å². The summed E-state index contributed by atoms with van der Waals surface area (Å²) in [6, 6.07) is 5.01. The molecule has 2 unspecified atom stereocenters. The van der Waals surface area contributed by atoms with E-state index in [-0.39, 0.29) is 34.1 Å². The molecule has 2 aromatic carbocycles. The van der Waals surface area contributed by atoms with E-state index in [1.54, 1.807) is 5.51 Å². The van der Waals surface area contributed by atoms with Crippen molar-refractivity contribution >= 4 is 64.6 Å². The maximum atomic E-state index is 13.6. The maximum absolute atomic E-state index is 13.6. The fraction of sp³-hybridized carbons (Fsp3) is 0.222. The van der Waals surface area contributed by atoms with E-state index in [0.29, 0.717) is 14.8 Å². The average molecular weight is 673 g/mol. The molecular weight excluding hydrogens is 649 g/mol. The number of rotatable bonds is 9. The molecule has 1 aromatic heterocycles. The van der Waals surface area contributed by atoms with Crippen molar-refractivity contribution in [2.24, 2.45) is 0 Å². The lowest BCUT2D eigenvalue weighted by Crippen LogP contribution is -2.71. The molecule has 0 aliphatic carbocycles. The SMILES string of the molecule is CN(C(=O)NC(C(=O)NC1C(=O)N2C(C(=O)O)=C(CSc3nncs3)CS[C@@H]12)c1ccc(O)cc1)C(=O)c1ccc(O)c(O)c1. The molecule has 18 heteroatoms. The van der Waals surface area contributed by atoms with Crippen LogP contribution in [0.3, 0.4) is 0 Å². The van der Waals surface area contributed by atoms with Crippen molar-refractivity contribution in [1.29, 1.82) is 0 Å². The molecule has 1 saturated heterocycles. The third kappa shape index (κ3) is 6.52. The third-order valence-corrected chi connectivity index (χ3v) is 10.1. The highest BCUT2D eigenvalue weighted by Gasteiger charge is 2.54. The zero-order valence-corrected chi connectivity index (χ0v) is 25.6. The Morgan fingerprint density at radius 2 is 1.84 bits per heavy atom. The van der Waals surface area contributed by atoms with Gasteiger partial charge in [0.2, 0.25) is 5.91 Å². The van der Waals surface area contributed by atoms with E-state index in [9.17, 15) is 44.4 Å². The Balaban J connectivity index is 1.32. The summed E-state index contributed by atoms with van der Waals surface area (Å²) in [5.41, 5.74) is 2.01. The normalized spacial score (nSPS) is 18.0. The van der Waals surface area contributed by atoms with Crippen LogP contribution < -0.4 is 10.6 Å². The van der Waals surface area contributed by atoms with E-state index in [0.717, 1.165) is 24.1 Å². The molecule has 2 aliphatic rings. The Morgan fingerprint density at radius 1 is 1.11 bits per heavy atom. The van der Waals surface area contributed by atoms with Crippen LogP contribution in [0, 0.1) is 0 Å². The highest BCUT2D eigenvalue weighted by Crippen LogP contribution is 2.42. The number of carbonyl (C=O) groups is 5. The first-order valence-electron chi connectivity index (χ1n) is 12.9. The zero-order valence-electron chi connectivity index (χ0n) is 23.1. The monoisotopic (exact) mass is 672 g/mol. The Morgan fingerprint density at radius 3 is 2.49 bits per heavy atom. The van der Waals surface area contributed by atoms with Gasteiger partial charge in [0.15, 0.2) is 15.8 Å². The number of carboxylic acid groups (broad SMARTS) is 1. The lowest BCUT2D eigenvalue weighted by molar-refractivity contribution is -0.151. The van der Waals surface area contributed by atoms with Gasteiger partial charge in [0.05, 0.1) is 0 Å². The Hall–Kier alpha value is -4.81. The van der Waals surface area contributed by atoms with E-state index in [1.165, 1.54) is 65.2 Å². The summed E-state index contributed by atoms with van der Waals surface area (Å²) in [4.78, 5) is 66.7. The van der Waals surface area contributed by atoms with Gasteiger partial charge < -0.3 is 31.1 Å². The van der Waals surface area contributed by atoms with Crippen molar-refractivity contribution in [3.05, 3.63) is 70.4 Å². The maximum Gasteiger partial charge on any atom is 0.352 e. The molecule has 234 valence electrons. The van der Waals surface area contributed by atoms with E-state index < -0.39 is 58.7 Å². The van der Waals surface area contributed by atoms with Gasteiger partial charge in [0, 0.05) is 24.1 Å². The third-order valence-electron chi connectivity index (χ3n) is 6.85. The van der Waals surface area contributed by atoms with Crippen LogP contribution in [-0.2, 0) is 14.4 Å². The zero-order chi connectivity index (χ0) is 32.4. The number of phenolic OH excluding ortho intramolecular Hbond substituents is 3. The van der Waals surface area contributed by atoms with Crippen molar-refractivity contribution in [3.8, 4) is 17.2 Å². The fourth-order valence-corrected chi connectivity index (χ4v) is 7.51. The van der Waals surface area contributed by atoms with Gasteiger partial charge >= 0.3 is 12.0 Å². The van der Waals surface area contributed by atoms with Gasteiger partial charge in [-0.15, -0.1) is 22.0 Å². The molecule has 0 saturated carbocycles. The number of urea groups is 1. The molecule has 0 radical (unpaired) electrons. The number of imide groups is 1. The number of nitrogens with zero attached hydrogens (tertiary/aromatic N) is 4. The van der Waals surface area contributed by atoms with Crippen LogP contribution in [0.1, 0.15) is 22.0 Å². The van der Waals surface area contributed by atoms with Crippen LogP contribution in [0.4, 0.5) is 4.79 Å². The molecule has 6 N–H and O–H groups in total. The largest absolute Gasteiger partial charge is 0.508 e. The van der Waals surface area contributed by atoms with Gasteiger partial charge in [-0.3, -0.25) is 24.2 Å². The van der Waals surface area contributed by atoms with Crippen LogP contribution >= 0.6 is 34.9 Å². The first-order valence-corrected chi connectivity index (χ1v) is 15.9. The summed E-state index contributed by atoms with van der Waals surface area (Å²) in [6.45, 7) is 0. The van der Waals surface area contributed by atoms with Crippen molar-refractivity contribution in [3.63, 3.8) is 0 Å². The summed E-state index contributed by atoms with van der Waals surface area (Å²) < 4.78 is 0.648. The topological polar surface area (TPSA) is 223 Å². The minimum absolute atomic E-state index is 0.111. The minimum atomic E-state index is -1.44. The van der Waals surface area contributed by atoms with E-state index in [2.05, 4.69) is 20.8 Å². The molecule has 5 amide bonds.